The number of rotatable bonds is 0. The summed E-state index contributed by atoms with van der Waals surface area (Å²) in [5, 5.41) is 0. The van der Waals surface area contributed by atoms with Crippen LogP contribution in [0.2, 0.25) is 0 Å². The van der Waals surface area contributed by atoms with E-state index in [2.05, 4.69) is 0 Å². The van der Waals surface area contributed by atoms with E-state index in [4.69, 9.17) is 57.7 Å². The minimum atomic E-state index is -4.64. The monoisotopic (exact) mass is 384 g/mol. The van der Waals surface area contributed by atoms with Gasteiger partial charge in [-0.25, -0.2) is 13.7 Å². The molecule has 0 atom stereocenters. The van der Waals surface area contributed by atoms with Crippen molar-refractivity contribution in [2.45, 2.75) is 0 Å². The molecule has 0 spiro atoms. The fourth-order valence-electron chi connectivity index (χ4n) is 0. The average molecular weight is 385 g/mol. The van der Waals surface area contributed by atoms with Gasteiger partial charge in [-0.3, -0.25) is 0 Å². The summed E-state index contributed by atoms with van der Waals surface area (Å²) in [6.07, 6.45) is 0. The van der Waals surface area contributed by atoms with Gasteiger partial charge in [0, 0.05) is 26.2 Å². The Labute approximate surface area is 107 Å². The zero-order chi connectivity index (χ0) is 13.5. The SMILES string of the molecule is O=P(O)(O)O.O=P(O)(O)O.O=P(O)(O)O.[Zr]. The van der Waals surface area contributed by atoms with Crippen LogP contribution in [0.25, 0.3) is 0 Å². The Morgan fingerprint density at radius 1 is 0.438 bits per heavy atom. The Hall–Kier alpha value is 1.21. The molecule has 0 aromatic heterocycles. The molecule has 0 unspecified atom stereocenters. The molecule has 0 amide bonds. The van der Waals surface area contributed by atoms with E-state index in [0.717, 1.165) is 0 Å². The molecule has 9 N–H and O–H groups in total. The van der Waals surface area contributed by atoms with E-state index in [1.807, 2.05) is 0 Å². The fourth-order valence-corrected chi connectivity index (χ4v) is 0. The predicted molar refractivity (Wildman–Crippen MR) is 42.8 cm³/mol. The molecule has 16 heteroatoms. The van der Waals surface area contributed by atoms with Gasteiger partial charge in [0.2, 0.25) is 0 Å². The maximum absolute atomic E-state index is 8.88. The molecule has 0 fully saturated rings. The zero-order valence-corrected chi connectivity index (χ0v) is 12.2. The maximum atomic E-state index is 8.88. The minimum absolute atomic E-state index is 0. The third kappa shape index (κ3) is 2090. The second-order valence-electron chi connectivity index (χ2n) is 1.54. The third-order valence-corrected chi connectivity index (χ3v) is 0. The van der Waals surface area contributed by atoms with Gasteiger partial charge in [-0.1, -0.05) is 0 Å². The number of hydrogen-bond donors (Lipinski definition) is 9. The van der Waals surface area contributed by atoms with Crippen molar-refractivity contribution in [1.82, 2.24) is 0 Å². The van der Waals surface area contributed by atoms with Gasteiger partial charge in [0.1, 0.15) is 0 Å². The molecule has 0 aliphatic carbocycles. The van der Waals surface area contributed by atoms with Gasteiger partial charge in [0.05, 0.1) is 0 Å². The van der Waals surface area contributed by atoms with Crippen LogP contribution in [-0.2, 0) is 39.9 Å². The first-order chi connectivity index (χ1) is 6.00. The van der Waals surface area contributed by atoms with Crippen molar-refractivity contribution in [2.24, 2.45) is 0 Å². The Balaban J connectivity index is -0.0000000655. The van der Waals surface area contributed by atoms with Crippen LogP contribution in [-0.4, -0.2) is 44.0 Å². The molecule has 0 rings (SSSR count). The molecule has 0 heterocycles. The van der Waals surface area contributed by atoms with Gasteiger partial charge in [0.15, 0.2) is 0 Å². The van der Waals surface area contributed by atoms with Gasteiger partial charge < -0.3 is 44.0 Å². The van der Waals surface area contributed by atoms with Crippen LogP contribution in [0.5, 0.6) is 0 Å². The van der Waals surface area contributed by atoms with Crippen molar-refractivity contribution in [3.05, 3.63) is 0 Å². The predicted octanol–water partition coefficient (Wildman–Crippen LogP) is -2.79. The Morgan fingerprint density at radius 3 is 0.438 bits per heavy atom. The van der Waals surface area contributed by atoms with Crippen LogP contribution in [0.15, 0.2) is 0 Å². The summed E-state index contributed by atoms with van der Waals surface area (Å²) in [6, 6.07) is 0. The Kier molecular flexibility index (Phi) is 16.5. The number of hydrogen-bond acceptors (Lipinski definition) is 3. The van der Waals surface area contributed by atoms with E-state index in [9.17, 15) is 0 Å². The topological polar surface area (TPSA) is 233 Å². The molecule has 100 valence electrons. The Bertz CT molecular complexity index is 202. The van der Waals surface area contributed by atoms with E-state index < -0.39 is 23.5 Å². The van der Waals surface area contributed by atoms with E-state index in [1.54, 1.807) is 0 Å². The molecular formula is H9O12P3Zr. The zero-order valence-electron chi connectivity index (χ0n) is 7.09. The molecule has 0 aromatic carbocycles. The van der Waals surface area contributed by atoms with Gasteiger partial charge in [-0.05, 0) is 0 Å². The summed E-state index contributed by atoms with van der Waals surface area (Å²) in [5.74, 6) is 0. The first kappa shape index (κ1) is 25.9. The molecule has 0 aliphatic heterocycles. The average Bonchev–Trinajstić information content (AvgIpc) is 1.41. The second-order valence-corrected chi connectivity index (χ2v) is 4.62. The molecular weight excluding hydrogens is 376 g/mol. The van der Waals surface area contributed by atoms with Crippen molar-refractivity contribution in [3.8, 4) is 0 Å². The van der Waals surface area contributed by atoms with Crippen LogP contribution in [0.4, 0.5) is 0 Å². The Morgan fingerprint density at radius 2 is 0.438 bits per heavy atom. The van der Waals surface area contributed by atoms with Gasteiger partial charge in [-0.2, -0.15) is 0 Å². The largest absolute Gasteiger partial charge is 0.466 e. The van der Waals surface area contributed by atoms with Gasteiger partial charge in [0.25, 0.3) is 0 Å². The number of phosphoric acid groups is 3. The van der Waals surface area contributed by atoms with E-state index in [-0.39, 0.29) is 26.2 Å². The summed E-state index contributed by atoms with van der Waals surface area (Å²) in [6.45, 7) is 0. The second kappa shape index (κ2) is 10.2. The molecule has 0 bridgehead atoms. The molecule has 0 radical (unpaired) electrons. The normalized spacial score (nSPS) is 11.1. The molecule has 16 heavy (non-hydrogen) atoms. The maximum Gasteiger partial charge on any atom is 0.466 e. The van der Waals surface area contributed by atoms with Gasteiger partial charge >= 0.3 is 23.5 Å². The third-order valence-electron chi connectivity index (χ3n) is 0. The standard InChI is InChI=1S/3H3O4P.Zr/c3*1-5(2,3)4;/h3*(H3,1,2,3,4);. The summed E-state index contributed by atoms with van der Waals surface area (Å²) < 4.78 is 26.6. The van der Waals surface area contributed by atoms with Crippen LogP contribution in [0.3, 0.4) is 0 Å². The van der Waals surface area contributed by atoms with Crippen LogP contribution in [0, 0.1) is 0 Å². The van der Waals surface area contributed by atoms with E-state index in [1.165, 1.54) is 0 Å². The smallest absolute Gasteiger partial charge is 0.303 e. The van der Waals surface area contributed by atoms with E-state index in [0.29, 0.717) is 0 Å². The van der Waals surface area contributed by atoms with Crippen LogP contribution in [0.1, 0.15) is 0 Å². The fraction of sp³-hybridized carbons (Fsp3) is 0. The van der Waals surface area contributed by atoms with E-state index >= 15 is 0 Å². The summed E-state index contributed by atoms with van der Waals surface area (Å²) in [5.41, 5.74) is 0. The van der Waals surface area contributed by atoms with Gasteiger partial charge in [-0.15, -0.1) is 0 Å². The molecule has 0 aromatic rings. The quantitative estimate of drug-likeness (QED) is 0.193. The summed E-state index contributed by atoms with van der Waals surface area (Å²) in [7, 11) is -13.9. The van der Waals surface area contributed by atoms with Crippen molar-refractivity contribution in [2.75, 3.05) is 0 Å². The van der Waals surface area contributed by atoms with Crippen LogP contribution >= 0.6 is 23.5 Å². The van der Waals surface area contributed by atoms with Crippen molar-refractivity contribution in [1.29, 1.82) is 0 Å². The molecule has 0 saturated heterocycles. The molecule has 0 saturated carbocycles. The first-order valence-corrected chi connectivity index (χ1v) is 7.04. The minimum Gasteiger partial charge on any atom is -0.303 e. The molecule has 12 nitrogen and oxygen atoms in total. The summed E-state index contributed by atoms with van der Waals surface area (Å²) >= 11 is 0. The van der Waals surface area contributed by atoms with Crippen molar-refractivity contribution >= 4 is 23.5 Å². The molecule has 0 aliphatic rings. The first-order valence-electron chi connectivity index (χ1n) is 2.35. The van der Waals surface area contributed by atoms with Crippen LogP contribution < -0.4 is 0 Å². The van der Waals surface area contributed by atoms with Crippen molar-refractivity contribution < 1.29 is 83.9 Å². The summed E-state index contributed by atoms with van der Waals surface area (Å²) in [4.78, 5) is 64.7. The van der Waals surface area contributed by atoms with Crippen molar-refractivity contribution in [3.63, 3.8) is 0 Å².